The summed E-state index contributed by atoms with van der Waals surface area (Å²) in [5, 5.41) is 6.19. The van der Waals surface area contributed by atoms with Gasteiger partial charge in [0, 0.05) is 7.11 Å². The van der Waals surface area contributed by atoms with Crippen LogP contribution >= 0.6 is 11.3 Å². The molecule has 2 N–H and O–H groups in total. The van der Waals surface area contributed by atoms with Crippen LogP contribution < -0.4 is 10.6 Å². The quantitative estimate of drug-likeness (QED) is 0.549. The first-order chi connectivity index (χ1) is 14.3. The smallest absolute Gasteiger partial charge is 0.263 e. The van der Waals surface area contributed by atoms with Crippen LogP contribution in [0.2, 0.25) is 0 Å². The minimum Gasteiger partial charge on any atom is -0.382 e. The number of methoxy groups -OCH3 is 1. The van der Waals surface area contributed by atoms with E-state index in [9.17, 15) is 14.4 Å². The average Bonchev–Trinajstić information content (AvgIpc) is 3.33. The maximum Gasteiger partial charge on any atom is 0.263 e. The molecule has 2 amide bonds. The first-order valence-corrected chi connectivity index (χ1v) is 10.4. The van der Waals surface area contributed by atoms with Crippen LogP contribution in [0.1, 0.15) is 27.2 Å². The molecule has 8 nitrogen and oxygen atoms in total. The molecule has 1 aliphatic rings. The van der Waals surface area contributed by atoms with Crippen molar-refractivity contribution in [1.82, 2.24) is 15.6 Å². The van der Waals surface area contributed by atoms with E-state index >= 15 is 0 Å². The number of carbonyl (C=O) groups is 3. The third-order valence-corrected chi connectivity index (χ3v) is 5.73. The summed E-state index contributed by atoms with van der Waals surface area (Å²) in [4.78, 5) is 42.8. The largest absolute Gasteiger partial charge is 0.382 e. The molecule has 2 heterocycles. The Morgan fingerprint density at radius 2 is 1.93 bits per heavy atom. The number of epoxide rings is 1. The molecule has 0 aliphatic carbocycles. The summed E-state index contributed by atoms with van der Waals surface area (Å²) >= 11 is 1.23. The van der Waals surface area contributed by atoms with Gasteiger partial charge in [-0.3, -0.25) is 14.4 Å². The van der Waals surface area contributed by atoms with Gasteiger partial charge in [-0.2, -0.15) is 0 Å². The molecule has 0 saturated carbocycles. The van der Waals surface area contributed by atoms with Crippen LogP contribution in [0.25, 0.3) is 0 Å². The van der Waals surface area contributed by atoms with Crippen molar-refractivity contribution in [2.45, 2.75) is 38.0 Å². The van der Waals surface area contributed by atoms with E-state index in [0.717, 1.165) is 10.6 Å². The Morgan fingerprint density at radius 1 is 1.23 bits per heavy atom. The first-order valence-electron chi connectivity index (χ1n) is 9.57. The second-order valence-electron chi connectivity index (χ2n) is 7.36. The van der Waals surface area contributed by atoms with Gasteiger partial charge in [-0.25, -0.2) is 4.98 Å². The summed E-state index contributed by atoms with van der Waals surface area (Å²) in [5.41, 5.74) is 0.0280. The van der Waals surface area contributed by atoms with E-state index in [-0.39, 0.29) is 12.4 Å². The number of nitrogens with zero attached hydrogens (tertiary/aromatic N) is 1. The number of carbonyl (C=O) groups excluding carboxylic acids is 3. The molecule has 0 spiro atoms. The van der Waals surface area contributed by atoms with E-state index in [4.69, 9.17) is 9.47 Å². The van der Waals surface area contributed by atoms with Crippen LogP contribution in [0.15, 0.2) is 36.5 Å². The molecule has 160 valence electrons. The zero-order valence-electron chi connectivity index (χ0n) is 17.1. The lowest BCUT2D eigenvalue weighted by Gasteiger charge is -2.23. The van der Waals surface area contributed by atoms with E-state index in [1.165, 1.54) is 24.6 Å². The average molecular weight is 432 g/mol. The fourth-order valence-corrected chi connectivity index (χ4v) is 3.68. The third kappa shape index (κ3) is 5.50. The Labute approximate surface area is 179 Å². The number of hydrogen-bond donors (Lipinski definition) is 2. The molecule has 1 aromatic heterocycles. The van der Waals surface area contributed by atoms with Crippen LogP contribution in [-0.4, -0.2) is 60.6 Å². The number of nitrogens with one attached hydrogen (secondary N) is 2. The molecule has 3 atom stereocenters. The van der Waals surface area contributed by atoms with E-state index in [0.29, 0.717) is 17.9 Å². The van der Waals surface area contributed by atoms with Gasteiger partial charge >= 0.3 is 0 Å². The predicted molar refractivity (Wildman–Crippen MR) is 111 cm³/mol. The summed E-state index contributed by atoms with van der Waals surface area (Å²) in [6.07, 6.45) is 1.79. The SMILES string of the molecule is COCC(NC(=O)c1cnc(C)s1)C(=O)NC(Cc1ccccc1)C(=O)[C@@]1(C)CO1. The number of rotatable bonds is 10. The van der Waals surface area contributed by atoms with Crippen molar-refractivity contribution >= 4 is 28.9 Å². The van der Waals surface area contributed by atoms with Crippen LogP contribution in [-0.2, 0) is 25.5 Å². The minimum atomic E-state index is -0.955. The summed E-state index contributed by atoms with van der Waals surface area (Å²) < 4.78 is 10.4. The van der Waals surface area contributed by atoms with Gasteiger partial charge in [0.05, 0.1) is 30.5 Å². The number of thiazole rings is 1. The van der Waals surface area contributed by atoms with E-state index < -0.39 is 29.5 Å². The molecular formula is C21H25N3O5S. The number of aromatic nitrogens is 1. The number of ketones is 1. The zero-order chi connectivity index (χ0) is 21.7. The predicted octanol–water partition coefficient (Wildman–Crippen LogP) is 1.28. The Balaban J connectivity index is 1.72. The molecule has 3 rings (SSSR count). The Bertz CT molecular complexity index is 910. The van der Waals surface area contributed by atoms with Gasteiger partial charge in [0.2, 0.25) is 5.91 Å². The topological polar surface area (TPSA) is 110 Å². The van der Waals surface area contributed by atoms with E-state index in [1.807, 2.05) is 30.3 Å². The van der Waals surface area contributed by atoms with Gasteiger partial charge in [0.1, 0.15) is 16.5 Å². The normalized spacial score (nSPS) is 19.6. The lowest BCUT2D eigenvalue weighted by molar-refractivity contribution is -0.131. The number of Topliss-reactive ketones (excluding diaryl/α,β-unsaturated/α-hetero) is 1. The van der Waals surface area contributed by atoms with E-state index in [2.05, 4.69) is 15.6 Å². The summed E-state index contributed by atoms with van der Waals surface area (Å²) in [7, 11) is 1.44. The van der Waals surface area contributed by atoms with Gasteiger partial charge < -0.3 is 20.1 Å². The Kier molecular flexibility index (Phi) is 6.96. The molecule has 30 heavy (non-hydrogen) atoms. The Hall–Kier alpha value is -2.62. The molecule has 1 saturated heterocycles. The summed E-state index contributed by atoms with van der Waals surface area (Å²) in [6, 6.07) is 7.68. The Morgan fingerprint density at radius 3 is 2.50 bits per heavy atom. The van der Waals surface area contributed by atoms with Crippen molar-refractivity contribution < 1.29 is 23.9 Å². The highest BCUT2D eigenvalue weighted by Gasteiger charge is 2.50. The highest BCUT2D eigenvalue weighted by atomic mass is 32.1. The highest BCUT2D eigenvalue weighted by Crippen LogP contribution is 2.29. The van der Waals surface area contributed by atoms with Crippen molar-refractivity contribution in [2.24, 2.45) is 0 Å². The summed E-state index contributed by atoms with van der Waals surface area (Å²) in [5.74, 6) is -1.11. The third-order valence-electron chi connectivity index (χ3n) is 4.81. The molecule has 1 fully saturated rings. The molecular weight excluding hydrogens is 406 g/mol. The summed E-state index contributed by atoms with van der Waals surface area (Å²) in [6.45, 7) is 3.80. The van der Waals surface area contributed by atoms with Crippen molar-refractivity contribution in [2.75, 3.05) is 20.3 Å². The molecule has 1 aliphatic heterocycles. The van der Waals surface area contributed by atoms with Crippen molar-refractivity contribution in [3.63, 3.8) is 0 Å². The fraction of sp³-hybridized carbons (Fsp3) is 0.429. The monoisotopic (exact) mass is 431 g/mol. The maximum atomic E-state index is 12.9. The molecule has 9 heteroatoms. The van der Waals surface area contributed by atoms with Crippen molar-refractivity contribution in [1.29, 1.82) is 0 Å². The standard InChI is InChI=1S/C21H25N3O5S/c1-13-22-10-17(30-13)20(27)24-16(11-28-3)19(26)23-15(18(25)21(2)12-29-21)9-14-7-5-4-6-8-14/h4-8,10,15-16H,9,11-12H2,1-3H3,(H,23,26)(H,24,27)/t15?,16?,21-/m1/s1. The fourth-order valence-electron chi connectivity index (χ4n) is 3.00. The molecule has 1 aromatic carbocycles. The van der Waals surface area contributed by atoms with Crippen molar-refractivity contribution in [3.05, 3.63) is 52.0 Å². The number of aryl methyl sites for hydroxylation is 1. The maximum absolute atomic E-state index is 12.9. The van der Waals surface area contributed by atoms with Crippen LogP contribution in [0, 0.1) is 6.92 Å². The van der Waals surface area contributed by atoms with Gasteiger partial charge in [0.15, 0.2) is 5.78 Å². The number of amides is 2. The van der Waals surface area contributed by atoms with Gasteiger partial charge in [0.25, 0.3) is 5.91 Å². The highest BCUT2D eigenvalue weighted by molar-refractivity contribution is 7.13. The number of ether oxygens (including phenoxy) is 2. The van der Waals surface area contributed by atoms with Crippen LogP contribution in [0.5, 0.6) is 0 Å². The van der Waals surface area contributed by atoms with Crippen LogP contribution in [0.4, 0.5) is 0 Å². The molecule has 2 aromatic rings. The molecule has 0 radical (unpaired) electrons. The molecule has 0 bridgehead atoms. The van der Waals surface area contributed by atoms with Gasteiger partial charge in [-0.15, -0.1) is 11.3 Å². The number of benzene rings is 1. The lowest BCUT2D eigenvalue weighted by Crippen LogP contribution is -2.55. The first kappa shape index (κ1) is 22.1. The van der Waals surface area contributed by atoms with Crippen molar-refractivity contribution in [3.8, 4) is 0 Å². The van der Waals surface area contributed by atoms with Gasteiger partial charge in [-0.1, -0.05) is 30.3 Å². The lowest BCUT2D eigenvalue weighted by atomic mass is 9.94. The van der Waals surface area contributed by atoms with Gasteiger partial charge in [-0.05, 0) is 25.8 Å². The van der Waals surface area contributed by atoms with Crippen LogP contribution in [0.3, 0.4) is 0 Å². The second kappa shape index (κ2) is 9.46. The second-order valence-corrected chi connectivity index (χ2v) is 8.59. The van der Waals surface area contributed by atoms with E-state index in [1.54, 1.807) is 13.8 Å². The zero-order valence-corrected chi connectivity index (χ0v) is 18.0. The molecule has 2 unspecified atom stereocenters. The minimum absolute atomic E-state index is 0.0324. The number of hydrogen-bond acceptors (Lipinski definition) is 7.